The predicted octanol–water partition coefficient (Wildman–Crippen LogP) is 7.90. The van der Waals surface area contributed by atoms with Gasteiger partial charge in [-0.2, -0.15) is 0 Å². The van der Waals surface area contributed by atoms with E-state index in [0.29, 0.717) is 0 Å². The van der Waals surface area contributed by atoms with Crippen LogP contribution in [0.3, 0.4) is 0 Å². The zero-order valence-corrected chi connectivity index (χ0v) is 22.9. The summed E-state index contributed by atoms with van der Waals surface area (Å²) in [4.78, 5) is 9.13. The van der Waals surface area contributed by atoms with Gasteiger partial charge < -0.3 is 9.80 Å². The average molecular weight is 522 g/mol. The highest BCUT2D eigenvalue weighted by Gasteiger charge is 2.17. The number of para-hydroxylation sites is 1. The largest absolute Gasteiger partial charge is 0.495 e. The molecule has 0 bridgehead atoms. The Hall–Kier alpha value is -5.25. The van der Waals surface area contributed by atoms with Crippen molar-refractivity contribution < 1.29 is 9.15 Å². The molecular formula is C35H31N5+2. The van der Waals surface area contributed by atoms with Crippen molar-refractivity contribution in [2.45, 2.75) is 0 Å². The van der Waals surface area contributed by atoms with Crippen LogP contribution in [0, 0.1) is 0 Å². The quantitative estimate of drug-likeness (QED) is 0.204. The Morgan fingerprint density at radius 1 is 0.575 bits per heavy atom. The van der Waals surface area contributed by atoms with Gasteiger partial charge in [-0.25, -0.2) is 0 Å². The molecule has 0 saturated heterocycles. The van der Waals surface area contributed by atoms with Gasteiger partial charge >= 0.3 is 6.01 Å². The zero-order chi connectivity index (χ0) is 27.5. The molecule has 0 saturated carbocycles. The van der Waals surface area contributed by atoms with E-state index in [4.69, 9.17) is 4.98 Å². The van der Waals surface area contributed by atoms with Gasteiger partial charge in [-0.05, 0) is 65.7 Å². The summed E-state index contributed by atoms with van der Waals surface area (Å²) in [6.07, 6.45) is 5.89. The third-order valence-electron chi connectivity index (χ3n) is 7.20. The molecule has 5 nitrogen and oxygen atoms in total. The summed E-state index contributed by atoms with van der Waals surface area (Å²) in [6, 6.07) is 43.5. The van der Waals surface area contributed by atoms with Crippen molar-refractivity contribution in [2.24, 2.45) is 0 Å². The Kier molecular flexibility index (Phi) is 6.80. The highest BCUT2D eigenvalue weighted by molar-refractivity contribution is 5.77. The van der Waals surface area contributed by atoms with E-state index in [1.165, 1.54) is 0 Å². The molecule has 5 heteroatoms. The Labute approximate surface area is 235 Å². The molecule has 1 aromatic heterocycles. The van der Waals surface area contributed by atoms with Gasteiger partial charge in [0.05, 0.1) is 5.69 Å². The maximum absolute atomic E-state index is 4.73. The van der Waals surface area contributed by atoms with E-state index >= 15 is 0 Å². The molecule has 0 aliphatic carbocycles. The molecule has 2 heterocycles. The highest BCUT2D eigenvalue weighted by atomic mass is 15.1. The Morgan fingerprint density at radius 3 is 1.90 bits per heavy atom. The van der Waals surface area contributed by atoms with E-state index in [1.807, 2.05) is 40.9 Å². The molecule has 4 aromatic carbocycles. The molecule has 6 rings (SSSR count). The number of pyridine rings is 1. The normalized spacial score (nSPS) is 12.2. The summed E-state index contributed by atoms with van der Waals surface area (Å²) in [5.74, 6) is 0. The maximum atomic E-state index is 4.73. The molecule has 5 aromatic rings. The first-order chi connectivity index (χ1) is 19.5. The molecule has 0 amide bonds. The van der Waals surface area contributed by atoms with Crippen molar-refractivity contribution in [3.63, 3.8) is 0 Å². The monoisotopic (exact) mass is 521 g/mol. The van der Waals surface area contributed by atoms with Crippen LogP contribution in [-0.2, 0) is 0 Å². The van der Waals surface area contributed by atoms with Crippen LogP contribution in [0.2, 0.25) is 0 Å². The van der Waals surface area contributed by atoms with Gasteiger partial charge in [0, 0.05) is 60.7 Å². The topological polar surface area (TPSA) is 25.4 Å². The van der Waals surface area contributed by atoms with Crippen LogP contribution in [0.1, 0.15) is 0 Å². The maximum Gasteiger partial charge on any atom is 0.495 e. The molecular weight excluding hydrogens is 490 g/mol. The van der Waals surface area contributed by atoms with E-state index in [0.717, 1.165) is 50.8 Å². The Balaban J connectivity index is 1.28. The number of hydrogen-bond acceptors (Lipinski definition) is 3. The van der Waals surface area contributed by atoms with Gasteiger partial charge in [-0.1, -0.05) is 57.7 Å². The summed E-state index contributed by atoms with van der Waals surface area (Å²) in [6.45, 7) is 0. The minimum absolute atomic E-state index is 0.942. The molecule has 0 radical (unpaired) electrons. The third kappa shape index (κ3) is 5.19. The standard InChI is InChI=1S/C35H31N5/c1-37-20-21-40(26-37)34-17-9-16-33(25-34)39(3)32-15-8-11-29(23-32)35-24-28(18-19-36-35)27-10-7-14-31(22-27)38(2)30-12-5-4-6-13-30/h4-25H,1-3H3/q+2. The predicted molar refractivity (Wildman–Crippen MR) is 164 cm³/mol. The first-order valence-corrected chi connectivity index (χ1v) is 13.3. The van der Waals surface area contributed by atoms with E-state index in [9.17, 15) is 0 Å². The minimum Gasteiger partial charge on any atom is -0.345 e. The Morgan fingerprint density at radius 2 is 1.18 bits per heavy atom. The lowest BCUT2D eigenvalue weighted by atomic mass is 10.0. The number of anilines is 4. The van der Waals surface area contributed by atoms with Crippen LogP contribution in [0.5, 0.6) is 0 Å². The van der Waals surface area contributed by atoms with Crippen molar-refractivity contribution in [2.75, 3.05) is 30.9 Å². The lowest BCUT2D eigenvalue weighted by Gasteiger charge is -2.20. The summed E-state index contributed by atoms with van der Waals surface area (Å²) < 4.78 is 3.91. The second-order valence-electron chi connectivity index (χ2n) is 9.88. The van der Waals surface area contributed by atoms with Crippen molar-refractivity contribution >= 4 is 34.4 Å². The van der Waals surface area contributed by atoms with E-state index in [2.05, 4.69) is 139 Å². The molecule has 0 atom stereocenters. The third-order valence-corrected chi connectivity index (χ3v) is 7.20. The lowest BCUT2D eigenvalue weighted by Crippen LogP contribution is -2.09. The van der Waals surface area contributed by atoms with Crippen LogP contribution in [0.4, 0.5) is 28.4 Å². The Bertz CT molecular complexity index is 1780. The molecule has 1 aliphatic rings. The van der Waals surface area contributed by atoms with Gasteiger partial charge in [-0.3, -0.25) is 4.98 Å². The van der Waals surface area contributed by atoms with Gasteiger partial charge in [0.25, 0.3) is 6.20 Å². The fourth-order valence-electron chi connectivity index (χ4n) is 4.88. The van der Waals surface area contributed by atoms with Crippen molar-refractivity contribution in [1.82, 2.24) is 4.98 Å². The molecule has 194 valence electrons. The number of benzene rings is 4. The van der Waals surface area contributed by atoms with Crippen LogP contribution in [0.15, 0.2) is 134 Å². The van der Waals surface area contributed by atoms with Crippen LogP contribution in [0.25, 0.3) is 22.4 Å². The fraction of sp³-hybridized carbons (Fsp3) is 0.0857. The first-order valence-electron chi connectivity index (χ1n) is 13.3. The number of rotatable bonds is 7. The second-order valence-corrected chi connectivity index (χ2v) is 9.88. The summed E-state index contributed by atoms with van der Waals surface area (Å²) in [7, 11) is 6.16. The van der Waals surface area contributed by atoms with Crippen molar-refractivity contribution in [3.8, 4) is 22.4 Å². The van der Waals surface area contributed by atoms with E-state index < -0.39 is 0 Å². The second kappa shape index (κ2) is 10.9. The number of nitrogens with zero attached hydrogens (tertiary/aromatic N) is 5. The molecule has 0 N–H and O–H groups in total. The molecule has 0 spiro atoms. The lowest BCUT2D eigenvalue weighted by molar-refractivity contribution is -0.429. The summed E-state index contributed by atoms with van der Waals surface area (Å²) >= 11 is 0. The van der Waals surface area contributed by atoms with Crippen LogP contribution in [-0.4, -0.2) is 41.3 Å². The van der Waals surface area contributed by atoms with Gasteiger partial charge in [-0.15, -0.1) is 0 Å². The SMILES string of the molecule is CN(c1ccccc1)c1cccc(-c2ccnc(-c3cccc(N(C)c4cccc([N+]5=C=[N+](C)C=C5)c4)c3)c2)c1. The van der Waals surface area contributed by atoms with Gasteiger partial charge in [0.1, 0.15) is 0 Å². The summed E-state index contributed by atoms with van der Waals surface area (Å²) in [5.41, 5.74) is 9.86. The van der Waals surface area contributed by atoms with Gasteiger partial charge in [0.15, 0.2) is 7.05 Å². The van der Waals surface area contributed by atoms with Crippen LogP contribution < -0.4 is 9.80 Å². The molecule has 0 fully saturated rings. The van der Waals surface area contributed by atoms with Crippen molar-refractivity contribution in [3.05, 3.63) is 134 Å². The fourth-order valence-corrected chi connectivity index (χ4v) is 4.88. The van der Waals surface area contributed by atoms with E-state index in [-0.39, 0.29) is 0 Å². The van der Waals surface area contributed by atoms with Gasteiger partial charge in [0.2, 0.25) is 11.9 Å². The smallest absolute Gasteiger partial charge is 0.345 e. The van der Waals surface area contributed by atoms with Crippen LogP contribution >= 0.6 is 0 Å². The molecule has 0 unspecified atom stereocenters. The zero-order valence-electron chi connectivity index (χ0n) is 22.9. The first kappa shape index (κ1) is 25.1. The number of aromatic nitrogens is 1. The number of hydrogen-bond donors (Lipinski definition) is 0. The highest BCUT2D eigenvalue weighted by Crippen LogP contribution is 2.33. The summed E-state index contributed by atoms with van der Waals surface area (Å²) in [5, 5.41) is 0. The minimum atomic E-state index is 0.942. The van der Waals surface area contributed by atoms with E-state index in [1.54, 1.807) is 0 Å². The molecule has 40 heavy (non-hydrogen) atoms. The molecule has 1 aliphatic heterocycles. The average Bonchev–Trinajstić information content (AvgIpc) is 3.47. The van der Waals surface area contributed by atoms with Crippen molar-refractivity contribution in [1.29, 1.82) is 0 Å².